The first kappa shape index (κ1) is 42.4. The Morgan fingerprint density at radius 1 is 0.909 bits per heavy atom. The number of carbonyl (C=O) groups excluding carboxylic acids is 4. The first-order chi connectivity index (χ1) is 25.9. The van der Waals surface area contributed by atoms with Crippen LogP contribution < -0.4 is 4.74 Å². The summed E-state index contributed by atoms with van der Waals surface area (Å²) in [5.41, 5.74) is -0.433. The lowest BCUT2D eigenvalue weighted by atomic mass is 9.73. The number of aromatic nitrogens is 1. The molecule has 11 nitrogen and oxygen atoms in total. The second-order valence-corrected chi connectivity index (χ2v) is 16.3. The number of sulfone groups is 1. The number of halogens is 2. The summed E-state index contributed by atoms with van der Waals surface area (Å²) >= 11 is 0. The Bertz CT molecular complexity index is 2190. The van der Waals surface area contributed by atoms with E-state index in [1.54, 1.807) is 57.3 Å². The number of aryl methyl sites for hydroxylation is 1. The zero-order chi connectivity index (χ0) is 40.6. The zero-order valence-electron chi connectivity index (χ0n) is 31.5. The second kappa shape index (κ2) is 17.8. The number of ketones is 1. The van der Waals surface area contributed by atoms with Crippen LogP contribution in [0.5, 0.6) is 11.5 Å². The quantitative estimate of drug-likeness (QED) is 0.0749. The SMILES string of the molecule is C=Cc1c(Oc2ccc(F)c(C(=O)OCC(=O)C(C)(CCCC(C)(C)CS(=O)(=O)CC(=O)OC)c3cccc(CCC(=O)OC)c3)c2)c(F)cc2[nH]ccc12. The lowest BCUT2D eigenvalue weighted by Gasteiger charge is -2.31. The summed E-state index contributed by atoms with van der Waals surface area (Å²) in [7, 11) is -1.39. The Kier molecular flexibility index (Phi) is 13.7. The Hall–Kier alpha value is -5.37. The molecule has 0 aliphatic rings. The fraction of sp³-hybridized carbons (Fsp3) is 0.366. The molecule has 1 heterocycles. The van der Waals surface area contributed by atoms with E-state index in [9.17, 15) is 27.6 Å². The fourth-order valence-electron chi connectivity index (χ4n) is 6.44. The highest BCUT2D eigenvalue weighted by atomic mass is 32.2. The summed E-state index contributed by atoms with van der Waals surface area (Å²) in [5, 5.41) is 0.635. The molecule has 0 aliphatic carbocycles. The number of fused-ring (bicyclic) bond motifs is 1. The normalized spacial score (nSPS) is 12.8. The van der Waals surface area contributed by atoms with E-state index in [0.717, 1.165) is 24.8 Å². The largest absolute Gasteiger partial charge is 0.469 e. The van der Waals surface area contributed by atoms with E-state index in [1.165, 1.54) is 25.3 Å². The lowest BCUT2D eigenvalue weighted by molar-refractivity contribution is -0.140. The summed E-state index contributed by atoms with van der Waals surface area (Å²) in [6, 6.07) is 13.2. The molecular formula is C41H45F2NO10S. The summed E-state index contributed by atoms with van der Waals surface area (Å²) in [6.45, 7) is 8.16. The summed E-state index contributed by atoms with van der Waals surface area (Å²) in [4.78, 5) is 53.7. The number of H-pyrrole nitrogens is 1. The molecule has 3 aromatic carbocycles. The van der Waals surface area contributed by atoms with Crippen LogP contribution in [0.25, 0.3) is 17.0 Å². The Morgan fingerprint density at radius 2 is 1.64 bits per heavy atom. The molecule has 4 rings (SSSR count). The van der Waals surface area contributed by atoms with E-state index in [0.29, 0.717) is 41.3 Å². The van der Waals surface area contributed by atoms with Gasteiger partial charge in [-0.15, -0.1) is 0 Å². The van der Waals surface area contributed by atoms with Crippen LogP contribution in [0.1, 0.15) is 73.5 Å². The molecule has 0 bridgehead atoms. The minimum atomic E-state index is -3.79. The van der Waals surface area contributed by atoms with E-state index in [2.05, 4.69) is 16.3 Å². The van der Waals surface area contributed by atoms with Gasteiger partial charge in [-0.2, -0.15) is 0 Å². The van der Waals surface area contributed by atoms with Crippen LogP contribution in [-0.4, -0.2) is 69.4 Å². The average Bonchev–Trinajstić information content (AvgIpc) is 3.60. The van der Waals surface area contributed by atoms with Gasteiger partial charge in [0, 0.05) is 35.2 Å². The highest BCUT2D eigenvalue weighted by molar-refractivity contribution is 7.92. The van der Waals surface area contributed by atoms with Gasteiger partial charge in [0.15, 0.2) is 33.8 Å². The van der Waals surface area contributed by atoms with Crippen LogP contribution in [0, 0.1) is 17.0 Å². The van der Waals surface area contributed by atoms with Crippen molar-refractivity contribution in [3.05, 3.63) is 101 Å². The summed E-state index contributed by atoms with van der Waals surface area (Å²) in [6.07, 6.45) is 4.39. The Labute approximate surface area is 318 Å². The number of nitrogens with one attached hydrogen (secondary N) is 1. The molecule has 294 valence electrons. The molecule has 0 aliphatic heterocycles. The van der Waals surface area contributed by atoms with Crippen molar-refractivity contribution < 1.29 is 55.3 Å². The van der Waals surface area contributed by atoms with Gasteiger partial charge in [0.1, 0.15) is 17.3 Å². The number of esters is 3. The maximum atomic E-state index is 15.1. The third kappa shape index (κ3) is 10.9. The van der Waals surface area contributed by atoms with Crippen molar-refractivity contribution in [3.8, 4) is 11.5 Å². The molecule has 4 aromatic rings. The van der Waals surface area contributed by atoms with Crippen LogP contribution >= 0.6 is 0 Å². The average molecular weight is 782 g/mol. The van der Waals surface area contributed by atoms with Crippen LogP contribution in [-0.2, 0) is 50.3 Å². The van der Waals surface area contributed by atoms with E-state index < -0.39 is 73.9 Å². The molecule has 14 heteroatoms. The van der Waals surface area contributed by atoms with Crippen LogP contribution in [0.4, 0.5) is 8.78 Å². The molecule has 1 N–H and O–H groups in total. The van der Waals surface area contributed by atoms with Gasteiger partial charge in [-0.25, -0.2) is 22.0 Å². The van der Waals surface area contributed by atoms with E-state index >= 15 is 8.78 Å². The van der Waals surface area contributed by atoms with Gasteiger partial charge in [0.25, 0.3) is 0 Å². The van der Waals surface area contributed by atoms with Crippen molar-refractivity contribution in [2.45, 2.75) is 58.3 Å². The summed E-state index contributed by atoms with van der Waals surface area (Å²) in [5.74, 6) is -5.92. The highest BCUT2D eigenvalue weighted by Gasteiger charge is 2.37. The van der Waals surface area contributed by atoms with Crippen LogP contribution in [0.15, 0.2) is 67.4 Å². The molecule has 0 saturated carbocycles. The first-order valence-electron chi connectivity index (χ1n) is 17.5. The number of ether oxygens (including phenoxy) is 4. The fourth-order valence-corrected chi connectivity index (χ4v) is 8.35. The molecule has 0 radical (unpaired) electrons. The predicted octanol–water partition coefficient (Wildman–Crippen LogP) is 7.46. The van der Waals surface area contributed by atoms with Crippen molar-refractivity contribution in [1.82, 2.24) is 4.98 Å². The van der Waals surface area contributed by atoms with E-state index in [4.69, 9.17) is 14.2 Å². The number of hydrogen-bond acceptors (Lipinski definition) is 10. The molecule has 0 saturated heterocycles. The van der Waals surface area contributed by atoms with Gasteiger partial charge in [0.2, 0.25) is 0 Å². The standard InChI is InChI=1S/C41H45F2NO10S/c1-7-29-30-16-19-44-34(30)22-33(43)38(29)54-28-13-14-32(42)31(21-28)39(48)53-23-35(45)41(4,27-11-8-10-26(20-27)12-15-36(46)51-5)18-9-17-40(2,3)25-55(49,50)24-37(47)52-6/h7-8,10-11,13-14,16,19-22,44H,1,9,12,15,17-18,23-25H2,2-6H3. The number of rotatable bonds is 19. The monoisotopic (exact) mass is 781 g/mol. The second-order valence-electron chi connectivity index (χ2n) is 14.2. The topological polar surface area (TPSA) is 155 Å². The van der Waals surface area contributed by atoms with Gasteiger partial charge in [-0.3, -0.25) is 14.4 Å². The maximum Gasteiger partial charge on any atom is 0.341 e. The minimum Gasteiger partial charge on any atom is -0.469 e. The number of benzene rings is 3. The van der Waals surface area contributed by atoms with Crippen LogP contribution in [0.2, 0.25) is 0 Å². The number of aromatic amines is 1. The van der Waals surface area contributed by atoms with Gasteiger partial charge >= 0.3 is 17.9 Å². The van der Waals surface area contributed by atoms with Crippen molar-refractivity contribution in [1.29, 1.82) is 0 Å². The lowest BCUT2D eigenvalue weighted by Crippen LogP contribution is -2.37. The third-order valence-electron chi connectivity index (χ3n) is 9.45. The molecular weight excluding hydrogens is 737 g/mol. The smallest absolute Gasteiger partial charge is 0.341 e. The molecule has 0 fully saturated rings. The van der Waals surface area contributed by atoms with Crippen molar-refractivity contribution in [2.24, 2.45) is 5.41 Å². The van der Waals surface area contributed by atoms with Crippen molar-refractivity contribution in [2.75, 3.05) is 32.3 Å². The van der Waals surface area contributed by atoms with Gasteiger partial charge < -0.3 is 23.9 Å². The predicted molar refractivity (Wildman–Crippen MR) is 203 cm³/mol. The minimum absolute atomic E-state index is 0.0682. The molecule has 0 spiro atoms. The Morgan fingerprint density at radius 3 is 2.33 bits per heavy atom. The van der Waals surface area contributed by atoms with E-state index in [1.807, 2.05) is 0 Å². The zero-order valence-corrected chi connectivity index (χ0v) is 32.3. The Balaban J connectivity index is 1.55. The highest BCUT2D eigenvalue weighted by Crippen LogP contribution is 2.37. The van der Waals surface area contributed by atoms with Crippen molar-refractivity contribution in [3.63, 3.8) is 0 Å². The van der Waals surface area contributed by atoms with Crippen LogP contribution in [0.3, 0.4) is 0 Å². The molecule has 0 amide bonds. The van der Waals surface area contributed by atoms with E-state index in [-0.39, 0.29) is 30.1 Å². The van der Waals surface area contributed by atoms with Gasteiger partial charge in [-0.1, -0.05) is 57.2 Å². The maximum absolute atomic E-state index is 15.1. The van der Waals surface area contributed by atoms with Crippen molar-refractivity contribution >= 4 is 50.5 Å². The molecule has 55 heavy (non-hydrogen) atoms. The van der Waals surface area contributed by atoms with Gasteiger partial charge in [0.05, 0.1) is 31.0 Å². The van der Waals surface area contributed by atoms with Gasteiger partial charge in [-0.05, 0) is 67.0 Å². The third-order valence-corrected chi connectivity index (χ3v) is 11.3. The first-order valence-corrected chi connectivity index (χ1v) is 19.3. The number of hydrogen-bond donors (Lipinski definition) is 1. The molecule has 1 atom stereocenters. The molecule has 1 unspecified atom stereocenters. The number of carbonyl (C=O) groups is 4. The number of Topliss-reactive ketones (excluding diaryl/α,β-unsaturated/α-hetero) is 1. The molecule has 1 aromatic heterocycles. The summed E-state index contributed by atoms with van der Waals surface area (Å²) < 4.78 is 75.9. The number of methoxy groups -OCH3 is 2.